The number of anilines is 1. The molecule has 0 saturated carbocycles. The van der Waals surface area contributed by atoms with Crippen LogP contribution in [-0.2, 0) is 0 Å². The molecule has 0 fully saturated rings. The molecule has 0 aliphatic heterocycles. The zero-order valence-electron chi connectivity index (χ0n) is 8.24. The smallest absolute Gasteiger partial charge is 0.220 e. The Morgan fingerprint density at radius 3 is 2.60 bits per heavy atom. The second kappa shape index (κ2) is 3.65. The lowest BCUT2D eigenvalue weighted by Crippen LogP contribution is -1.99. The van der Waals surface area contributed by atoms with Crippen molar-refractivity contribution in [2.45, 2.75) is 6.92 Å². The van der Waals surface area contributed by atoms with Crippen LogP contribution >= 0.6 is 0 Å². The summed E-state index contributed by atoms with van der Waals surface area (Å²) in [5, 5.41) is 0. The molecule has 2 rings (SSSR count). The van der Waals surface area contributed by atoms with Crippen molar-refractivity contribution in [2.24, 2.45) is 0 Å². The Balaban J connectivity index is 2.59. The fraction of sp³-hybridized carbons (Fsp3) is 0.0909. The van der Waals surface area contributed by atoms with E-state index in [1.165, 1.54) is 6.07 Å². The van der Waals surface area contributed by atoms with Gasteiger partial charge in [0.2, 0.25) is 5.95 Å². The van der Waals surface area contributed by atoms with Crippen LogP contribution < -0.4 is 5.73 Å². The number of hydrogen-bond donors (Lipinski definition) is 1. The van der Waals surface area contributed by atoms with Crippen LogP contribution in [0.1, 0.15) is 5.69 Å². The van der Waals surface area contributed by atoms with Crippen LogP contribution in [0.4, 0.5) is 10.3 Å². The first-order chi connectivity index (χ1) is 7.16. The number of benzene rings is 1. The Hall–Kier alpha value is -1.97. The molecule has 0 spiro atoms. The van der Waals surface area contributed by atoms with E-state index in [4.69, 9.17) is 5.73 Å². The summed E-state index contributed by atoms with van der Waals surface area (Å²) in [4.78, 5) is 7.93. The molecule has 1 aromatic heterocycles. The highest BCUT2D eigenvalue weighted by Crippen LogP contribution is 2.21. The monoisotopic (exact) mass is 203 g/mol. The van der Waals surface area contributed by atoms with E-state index >= 15 is 0 Å². The average molecular weight is 203 g/mol. The summed E-state index contributed by atoms with van der Waals surface area (Å²) in [7, 11) is 0. The molecular weight excluding hydrogens is 193 g/mol. The van der Waals surface area contributed by atoms with Gasteiger partial charge in [0.1, 0.15) is 5.82 Å². The second-order valence-corrected chi connectivity index (χ2v) is 3.23. The molecule has 0 aliphatic carbocycles. The molecule has 0 radical (unpaired) electrons. The van der Waals surface area contributed by atoms with E-state index in [9.17, 15) is 4.39 Å². The van der Waals surface area contributed by atoms with Crippen LogP contribution in [0.3, 0.4) is 0 Å². The number of aryl methyl sites for hydroxylation is 1. The Morgan fingerprint density at radius 1 is 1.20 bits per heavy atom. The van der Waals surface area contributed by atoms with Crippen LogP contribution in [0.5, 0.6) is 0 Å². The number of halogens is 1. The predicted octanol–water partition coefficient (Wildman–Crippen LogP) is 2.17. The number of aromatic nitrogens is 2. The lowest BCUT2D eigenvalue weighted by atomic mass is 10.1. The van der Waals surface area contributed by atoms with Crippen LogP contribution in [-0.4, -0.2) is 9.97 Å². The Morgan fingerprint density at radius 2 is 1.93 bits per heavy atom. The molecule has 0 unspecified atom stereocenters. The van der Waals surface area contributed by atoms with Gasteiger partial charge in [-0.05, 0) is 25.1 Å². The Kier molecular flexibility index (Phi) is 2.33. The molecule has 4 heteroatoms. The van der Waals surface area contributed by atoms with Crippen molar-refractivity contribution in [2.75, 3.05) is 5.73 Å². The summed E-state index contributed by atoms with van der Waals surface area (Å²) >= 11 is 0. The van der Waals surface area contributed by atoms with Crippen molar-refractivity contribution in [3.8, 4) is 11.3 Å². The van der Waals surface area contributed by atoms with E-state index in [1.807, 2.05) is 0 Å². The maximum absolute atomic E-state index is 13.4. The van der Waals surface area contributed by atoms with Gasteiger partial charge in [-0.15, -0.1) is 0 Å². The molecule has 15 heavy (non-hydrogen) atoms. The minimum Gasteiger partial charge on any atom is -0.368 e. The van der Waals surface area contributed by atoms with Gasteiger partial charge in [0.05, 0.1) is 5.69 Å². The van der Waals surface area contributed by atoms with Gasteiger partial charge in [-0.1, -0.05) is 12.1 Å². The highest BCUT2D eigenvalue weighted by Gasteiger charge is 2.06. The molecular formula is C11H10FN3. The molecule has 0 aliphatic rings. The lowest BCUT2D eigenvalue weighted by Gasteiger charge is -2.03. The lowest BCUT2D eigenvalue weighted by molar-refractivity contribution is 0.630. The third-order valence-corrected chi connectivity index (χ3v) is 2.02. The average Bonchev–Trinajstić information content (AvgIpc) is 2.16. The van der Waals surface area contributed by atoms with E-state index in [0.717, 1.165) is 5.69 Å². The molecule has 1 aromatic carbocycles. The predicted molar refractivity (Wildman–Crippen MR) is 56.6 cm³/mol. The van der Waals surface area contributed by atoms with Gasteiger partial charge in [0, 0.05) is 11.3 Å². The fourth-order valence-corrected chi connectivity index (χ4v) is 1.40. The summed E-state index contributed by atoms with van der Waals surface area (Å²) in [5.41, 5.74) is 7.18. The van der Waals surface area contributed by atoms with Crippen LogP contribution in [0, 0.1) is 12.7 Å². The standard InChI is InChI=1S/C11H10FN3/c1-7-6-10(15-11(13)14-7)8-4-2-3-5-9(8)12/h2-6H,1H3,(H2,13,14,15). The van der Waals surface area contributed by atoms with Crippen molar-refractivity contribution in [3.05, 3.63) is 41.8 Å². The molecule has 0 atom stereocenters. The maximum atomic E-state index is 13.4. The van der Waals surface area contributed by atoms with Gasteiger partial charge in [-0.3, -0.25) is 0 Å². The number of nitrogens with zero attached hydrogens (tertiary/aromatic N) is 2. The molecule has 3 nitrogen and oxygen atoms in total. The van der Waals surface area contributed by atoms with Crippen molar-refractivity contribution in [1.82, 2.24) is 9.97 Å². The Bertz CT molecular complexity index is 477. The quantitative estimate of drug-likeness (QED) is 0.772. The summed E-state index contributed by atoms with van der Waals surface area (Å²) in [6, 6.07) is 8.15. The largest absolute Gasteiger partial charge is 0.368 e. The summed E-state index contributed by atoms with van der Waals surface area (Å²) in [6.45, 7) is 1.79. The van der Waals surface area contributed by atoms with Crippen molar-refractivity contribution in [3.63, 3.8) is 0 Å². The van der Waals surface area contributed by atoms with Gasteiger partial charge in [0.25, 0.3) is 0 Å². The van der Waals surface area contributed by atoms with Crippen LogP contribution in [0.25, 0.3) is 11.3 Å². The third kappa shape index (κ3) is 1.93. The second-order valence-electron chi connectivity index (χ2n) is 3.23. The van der Waals surface area contributed by atoms with E-state index in [2.05, 4.69) is 9.97 Å². The maximum Gasteiger partial charge on any atom is 0.220 e. The number of nitrogen functional groups attached to an aromatic ring is 1. The normalized spacial score (nSPS) is 10.3. The summed E-state index contributed by atoms with van der Waals surface area (Å²) in [6.07, 6.45) is 0. The third-order valence-electron chi connectivity index (χ3n) is 2.02. The molecule has 0 amide bonds. The number of rotatable bonds is 1. The highest BCUT2D eigenvalue weighted by molar-refractivity contribution is 5.61. The fourth-order valence-electron chi connectivity index (χ4n) is 1.40. The topological polar surface area (TPSA) is 51.8 Å². The van der Waals surface area contributed by atoms with E-state index in [0.29, 0.717) is 11.3 Å². The zero-order valence-corrected chi connectivity index (χ0v) is 8.24. The Labute approximate surface area is 86.8 Å². The molecule has 1 heterocycles. The number of nitrogens with two attached hydrogens (primary N) is 1. The van der Waals surface area contributed by atoms with E-state index < -0.39 is 0 Å². The van der Waals surface area contributed by atoms with Gasteiger partial charge >= 0.3 is 0 Å². The van der Waals surface area contributed by atoms with Crippen molar-refractivity contribution in [1.29, 1.82) is 0 Å². The SMILES string of the molecule is Cc1cc(-c2ccccc2F)nc(N)n1. The summed E-state index contributed by atoms with van der Waals surface area (Å²) in [5.74, 6) is -0.150. The molecule has 76 valence electrons. The van der Waals surface area contributed by atoms with Gasteiger partial charge in [-0.2, -0.15) is 0 Å². The van der Waals surface area contributed by atoms with Gasteiger partial charge < -0.3 is 5.73 Å². The molecule has 2 aromatic rings. The molecule has 0 saturated heterocycles. The molecule has 0 bridgehead atoms. The first kappa shape index (κ1) is 9.58. The first-order valence-corrected chi connectivity index (χ1v) is 4.53. The van der Waals surface area contributed by atoms with E-state index in [1.54, 1.807) is 31.2 Å². The van der Waals surface area contributed by atoms with Crippen LogP contribution in [0.2, 0.25) is 0 Å². The van der Waals surface area contributed by atoms with Crippen LogP contribution in [0.15, 0.2) is 30.3 Å². The van der Waals surface area contributed by atoms with E-state index in [-0.39, 0.29) is 11.8 Å². The summed E-state index contributed by atoms with van der Waals surface area (Å²) < 4.78 is 13.4. The van der Waals surface area contributed by atoms with Gasteiger partial charge in [-0.25, -0.2) is 14.4 Å². The van der Waals surface area contributed by atoms with Crippen molar-refractivity contribution >= 4 is 5.95 Å². The van der Waals surface area contributed by atoms with Gasteiger partial charge in [0.15, 0.2) is 0 Å². The molecule has 2 N–H and O–H groups in total. The van der Waals surface area contributed by atoms with Crippen molar-refractivity contribution < 1.29 is 4.39 Å². The number of hydrogen-bond acceptors (Lipinski definition) is 3. The zero-order chi connectivity index (χ0) is 10.8. The minimum absolute atomic E-state index is 0.160. The minimum atomic E-state index is -0.310. The first-order valence-electron chi connectivity index (χ1n) is 4.53. The highest BCUT2D eigenvalue weighted by atomic mass is 19.1.